The highest BCUT2D eigenvalue weighted by Gasteiger charge is 2.02. The molecule has 0 amide bonds. The number of methoxy groups -OCH3 is 2. The minimum Gasteiger partial charge on any atom is -0.493 e. The maximum atomic E-state index is 10.0. The molecule has 0 radical (unpaired) electrons. The Labute approximate surface area is 82.6 Å². The average Bonchev–Trinajstić information content (AvgIpc) is 2.25. The number of aldehydes is 1. The molecule has 72 valence electrons. The van der Waals surface area contributed by atoms with Crippen LogP contribution < -0.4 is 9.47 Å². The van der Waals surface area contributed by atoms with Crippen LogP contribution in [-0.2, 0) is 4.79 Å². The Morgan fingerprint density at radius 1 is 1.21 bits per heavy atom. The molecule has 0 heterocycles. The van der Waals surface area contributed by atoms with Gasteiger partial charge in [-0.2, -0.15) is 0 Å². The quantitative estimate of drug-likeness (QED) is 0.520. The molecule has 0 aliphatic rings. The third kappa shape index (κ3) is 2.27. The van der Waals surface area contributed by atoms with Crippen molar-refractivity contribution in [2.75, 3.05) is 14.2 Å². The fourth-order valence-corrected chi connectivity index (χ4v) is 1.03. The molecule has 14 heavy (non-hydrogen) atoms. The van der Waals surface area contributed by atoms with Crippen LogP contribution in [0.1, 0.15) is 5.56 Å². The van der Waals surface area contributed by atoms with Crippen LogP contribution >= 0.6 is 0 Å². The Hall–Kier alpha value is -1.95. The summed E-state index contributed by atoms with van der Waals surface area (Å²) in [7, 11) is 3.11. The zero-order chi connectivity index (χ0) is 10.4. The SMILES string of the molecule is COc1ccc(C#CC=O)cc1OC. The molecule has 0 saturated heterocycles. The number of carbonyl (C=O) groups is 1. The molecule has 1 rings (SSSR count). The van der Waals surface area contributed by atoms with E-state index in [0.717, 1.165) is 5.56 Å². The monoisotopic (exact) mass is 190 g/mol. The number of benzene rings is 1. The molecule has 0 N–H and O–H groups in total. The Kier molecular flexibility index (Phi) is 3.57. The lowest BCUT2D eigenvalue weighted by molar-refractivity contribution is -0.103. The largest absolute Gasteiger partial charge is 0.493 e. The van der Waals surface area contributed by atoms with Crippen LogP contribution in [0.25, 0.3) is 0 Å². The van der Waals surface area contributed by atoms with Gasteiger partial charge in [0.2, 0.25) is 0 Å². The second-order valence-corrected chi connectivity index (χ2v) is 2.46. The first kappa shape index (κ1) is 10.1. The normalized spacial score (nSPS) is 8.43. The van der Waals surface area contributed by atoms with Crippen LogP contribution in [0.4, 0.5) is 0 Å². The van der Waals surface area contributed by atoms with Crippen LogP contribution in [0, 0.1) is 11.8 Å². The minimum atomic E-state index is 0.552. The van der Waals surface area contributed by atoms with Gasteiger partial charge in [0.25, 0.3) is 0 Å². The Balaban J connectivity index is 3.07. The highest BCUT2D eigenvalue weighted by Crippen LogP contribution is 2.26. The Morgan fingerprint density at radius 3 is 2.50 bits per heavy atom. The molecule has 0 fully saturated rings. The zero-order valence-electron chi connectivity index (χ0n) is 8.03. The Morgan fingerprint density at radius 2 is 1.93 bits per heavy atom. The third-order valence-corrected chi connectivity index (χ3v) is 1.66. The summed E-state index contributed by atoms with van der Waals surface area (Å²) in [5, 5.41) is 0. The molecule has 0 bridgehead atoms. The van der Waals surface area contributed by atoms with E-state index in [1.165, 1.54) is 0 Å². The molecule has 0 aromatic heterocycles. The molecule has 0 atom stereocenters. The predicted molar refractivity (Wildman–Crippen MR) is 52.5 cm³/mol. The lowest BCUT2D eigenvalue weighted by Gasteiger charge is -2.06. The van der Waals surface area contributed by atoms with E-state index < -0.39 is 0 Å². The molecule has 1 aromatic carbocycles. The fourth-order valence-electron chi connectivity index (χ4n) is 1.03. The van der Waals surface area contributed by atoms with Crippen molar-refractivity contribution in [2.45, 2.75) is 0 Å². The van der Waals surface area contributed by atoms with Crippen molar-refractivity contribution in [1.82, 2.24) is 0 Å². The molecule has 0 aliphatic carbocycles. The van der Waals surface area contributed by atoms with E-state index in [4.69, 9.17) is 9.47 Å². The number of carbonyl (C=O) groups excluding carboxylic acids is 1. The van der Waals surface area contributed by atoms with Gasteiger partial charge in [-0.1, -0.05) is 5.92 Å². The predicted octanol–water partition coefficient (Wildman–Crippen LogP) is 1.25. The average molecular weight is 190 g/mol. The van der Waals surface area contributed by atoms with Crippen molar-refractivity contribution in [3.05, 3.63) is 23.8 Å². The second-order valence-electron chi connectivity index (χ2n) is 2.46. The van der Waals surface area contributed by atoms with Gasteiger partial charge in [-0.15, -0.1) is 0 Å². The van der Waals surface area contributed by atoms with Gasteiger partial charge in [0.05, 0.1) is 14.2 Å². The molecule has 3 heteroatoms. The van der Waals surface area contributed by atoms with Gasteiger partial charge in [0, 0.05) is 5.56 Å². The third-order valence-electron chi connectivity index (χ3n) is 1.66. The van der Waals surface area contributed by atoms with E-state index >= 15 is 0 Å². The summed E-state index contributed by atoms with van der Waals surface area (Å²) in [5.74, 6) is 6.24. The van der Waals surface area contributed by atoms with Crippen molar-refractivity contribution in [3.63, 3.8) is 0 Å². The fraction of sp³-hybridized carbons (Fsp3) is 0.182. The molecular weight excluding hydrogens is 180 g/mol. The van der Waals surface area contributed by atoms with Gasteiger partial charge in [-0.05, 0) is 24.1 Å². The van der Waals surface area contributed by atoms with Crippen LogP contribution in [0.3, 0.4) is 0 Å². The minimum absolute atomic E-state index is 0.552. The first-order valence-corrected chi connectivity index (χ1v) is 3.99. The van der Waals surface area contributed by atoms with Crippen LogP contribution in [0.2, 0.25) is 0 Å². The molecule has 1 aromatic rings. The van der Waals surface area contributed by atoms with Crippen LogP contribution in [0.15, 0.2) is 18.2 Å². The van der Waals surface area contributed by atoms with E-state index in [1.807, 2.05) is 0 Å². The summed E-state index contributed by atoms with van der Waals surface area (Å²) in [6, 6.07) is 5.22. The van der Waals surface area contributed by atoms with Gasteiger partial charge in [-0.25, -0.2) is 0 Å². The van der Waals surface area contributed by atoms with Crippen molar-refractivity contribution in [1.29, 1.82) is 0 Å². The van der Waals surface area contributed by atoms with Gasteiger partial charge in [0.1, 0.15) is 0 Å². The van der Waals surface area contributed by atoms with Crippen molar-refractivity contribution < 1.29 is 14.3 Å². The van der Waals surface area contributed by atoms with Gasteiger partial charge < -0.3 is 9.47 Å². The topological polar surface area (TPSA) is 35.5 Å². The summed E-state index contributed by atoms with van der Waals surface area (Å²) in [4.78, 5) is 10.0. The number of ether oxygens (including phenoxy) is 2. The summed E-state index contributed by atoms with van der Waals surface area (Å²) >= 11 is 0. The highest BCUT2D eigenvalue weighted by molar-refractivity contribution is 5.74. The summed E-state index contributed by atoms with van der Waals surface area (Å²) < 4.78 is 10.1. The highest BCUT2D eigenvalue weighted by atomic mass is 16.5. The summed E-state index contributed by atoms with van der Waals surface area (Å²) in [6.07, 6.45) is 0.552. The summed E-state index contributed by atoms with van der Waals surface area (Å²) in [6.45, 7) is 0. The van der Waals surface area contributed by atoms with E-state index in [1.54, 1.807) is 32.4 Å². The number of hydrogen-bond donors (Lipinski definition) is 0. The smallest absolute Gasteiger partial charge is 0.193 e. The first-order chi connectivity index (χ1) is 6.81. The van der Waals surface area contributed by atoms with Gasteiger partial charge in [0.15, 0.2) is 17.8 Å². The van der Waals surface area contributed by atoms with Crippen molar-refractivity contribution in [3.8, 4) is 23.3 Å². The molecule has 0 unspecified atom stereocenters. The Bertz CT molecular complexity index is 385. The molecular formula is C11H10O3. The van der Waals surface area contributed by atoms with E-state index in [2.05, 4.69) is 11.8 Å². The number of rotatable bonds is 2. The van der Waals surface area contributed by atoms with Crippen LogP contribution in [-0.4, -0.2) is 20.5 Å². The zero-order valence-corrected chi connectivity index (χ0v) is 8.03. The van der Waals surface area contributed by atoms with Crippen molar-refractivity contribution >= 4 is 6.29 Å². The van der Waals surface area contributed by atoms with E-state index in [-0.39, 0.29) is 0 Å². The van der Waals surface area contributed by atoms with Gasteiger partial charge >= 0.3 is 0 Å². The van der Waals surface area contributed by atoms with Crippen molar-refractivity contribution in [2.24, 2.45) is 0 Å². The first-order valence-electron chi connectivity index (χ1n) is 3.99. The van der Waals surface area contributed by atoms with Crippen LogP contribution in [0.5, 0.6) is 11.5 Å². The van der Waals surface area contributed by atoms with Gasteiger partial charge in [-0.3, -0.25) is 4.79 Å². The summed E-state index contributed by atoms with van der Waals surface area (Å²) in [5.41, 5.74) is 0.717. The van der Waals surface area contributed by atoms with E-state index in [9.17, 15) is 4.79 Å². The maximum absolute atomic E-state index is 10.0. The molecule has 0 aliphatic heterocycles. The molecule has 3 nitrogen and oxygen atoms in total. The standard InChI is InChI=1S/C11H10O3/c1-13-10-6-5-9(4-3-7-12)8-11(10)14-2/h5-8H,1-2H3. The lowest BCUT2D eigenvalue weighted by Crippen LogP contribution is -1.90. The second kappa shape index (κ2) is 4.93. The number of hydrogen-bond acceptors (Lipinski definition) is 3. The molecule has 0 spiro atoms. The molecule has 0 saturated carbocycles. The van der Waals surface area contributed by atoms with E-state index in [0.29, 0.717) is 17.8 Å². The maximum Gasteiger partial charge on any atom is 0.193 e. The lowest BCUT2D eigenvalue weighted by atomic mass is 10.2.